The van der Waals surface area contributed by atoms with Crippen molar-refractivity contribution in [3.05, 3.63) is 28.8 Å². The number of rotatable bonds is 5. The zero-order chi connectivity index (χ0) is 16.1. The van der Waals surface area contributed by atoms with Crippen molar-refractivity contribution < 1.29 is 9.53 Å². The van der Waals surface area contributed by atoms with Gasteiger partial charge in [0, 0.05) is 13.1 Å². The van der Waals surface area contributed by atoms with Gasteiger partial charge in [0.1, 0.15) is 5.75 Å². The highest BCUT2D eigenvalue weighted by molar-refractivity contribution is 5.85. The Morgan fingerprint density at radius 1 is 1.26 bits per heavy atom. The Hall–Kier alpha value is -1.26. The highest BCUT2D eigenvalue weighted by Gasteiger charge is 2.21. The zero-order valence-corrected chi connectivity index (χ0v) is 15.5. The van der Waals surface area contributed by atoms with Crippen molar-refractivity contribution >= 4 is 18.3 Å². The second-order valence-electron chi connectivity index (χ2n) is 6.29. The molecule has 1 aromatic carbocycles. The molecule has 0 bridgehead atoms. The fourth-order valence-corrected chi connectivity index (χ4v) is 2.97. The maximum absolute atomic E-state index is 12.3. The van der Waals surface area contributed by atoms with Crippen LogP contribution in [0.2, 0.25) is 0 Å². The van der Waals surface area contributed by atoms with Crippen LogP contribution in [0.25, 0.3) is 0 Å². The largest absolute Gasteiger partial charge is 0.493 e. The first-order valence-electron chi connectivity index (χ1n) is 8.16. The molecule has 2 rings (SSSR count). The zero-order valence-electron chi connectivity index (χ0n) is 14.6. The van der Waals surface area contributed by atoms with E-state index in [2.05, 4.69) is 32.2 Å². The van der Waals surface area contributed by atoms with Gasteiger partial charge < -0.3 is 15.0 Å². The standard InChI is InChI=1S/C18H28N2O2.ClH/c1-13-11-14(2)15(3)17(12-13)22-10-7-18(21)20(4)16-5-8-19-9-6-16;/h11-12,16,19H,5-10H2,1-4H3;1H. The molecule has 1 aromatic rings. The van der Waals surface area contributed by atoms with Gasteiger partial charge in [0.15, 0.2) is 0 Å². The third-order valence-corrected chi connectivity index (χ3v) is 4.59. The lowest BCUT2D eigenvalue weighted by Gasteiger charge is -2.31. The predicted molar refractivity (Wildman–Crippen MR) is 96.7 cm³/mol. The summed E-state index contributed by atoms with van der Waals surface area (Å²) in [6, 6.07) is 4.57. The molecule has 5 heteroatoms. The molecule has 23 heavy (non-hydrogen) atoms. The maximum atomic E-state index is 12.3. The summed E-state index contributed by atoms with van der Waals surface area (Å²) in [6.07, 6.45) is 2.52. The Kier molecular flexibility index (Phi) is 7.86. The maximum Gasteiger partial charge on any atom is 0.225 e. The van der Waals surface area contributed by atoms with Crippen LogP contribution in [0.5, 0.6) is 5.75 Å². The smallest absolute Gasteiger partial charge is 0.225 e. The summed E-state index contributed by atoms with van der Waals surface area (Å²) in [5, 5.41) is 3.33. The lowest BCUT2D eigenvalue weighted by atomic mass is 10.1. The number of halogens is 1. The lowest BCUT2D eigenvalue weighted by molar-refractivity contribution is -0.132. The molecule has 1 N–H and O–H groups in total. The van der Waals surface area contributed by atoms with Crippen LogP contribution >= 0.6 is 12.4 Å². The van der Waals surface area contributed by atoms with Crippen LogP contribution in [0.3, 0.4) is 0 Å². The molecule has 0 unspecified atom stereocenters. The van der Waals surface area contributed by atoms with E-state index in [-0.39, 0.29) is 18.3 Å². The Bertz CT molecular complexity index is 528. The van der Waals surface area contributed by atoms with E-state index in [1.165, 1.54) is 11.1 Å². The number of hydrogen-bond acceptors (Lipinski definition) is 3. The molecule has 0 saturated carbocycles. The normalized spacial score (nSPS) is 15.0. The number of nitrogens with zero attached hydrogens (tertiary/aromatic N) is 1. The van der Waals surface area contributed by atoms with Crippen molar-refractivity contribution in [3.8, 4) is 5.75 Å². The first kappa shape index (κ1) is 19.8. The van der Waals surface area contributed by atoms with Gasteiger partial charge in [-0.3, -0.25) is 4.79 Å². The number of carbonyl (C=O) groups excluding carboxylic acids is 1. The first-order chi connectivity index (χ1) is 10.5. The van der Waals surface area contributed by atoms with E-state index in [1.807, 2.05) is 18.0 Å². The molecule has 0 aliphatic carbocycles. The summed E-state index contributed by atoms with van der Waals surface area (Å²) >= 11 is 0. The Morgan fingerprint density at radius 3 is 2.57 bits per heavy atom. The average Bonchev–Trinajstić information content (AvgIpc) is 2.51. The van der Waals surface area contributed by atoms with Gasteiger partial charge in [-0.05, 0) is 69.5 Å². The lowest BCUT2D eigenvalue weighted by Crippen LogP contribution is -2.44. The van der Waals surface area contributed by atoms with Crippen molar-refractivity contribution in [3.63, 3.8) is 0 Å². The molecule has 0 aromatic heterocycles. The molecule has 1 amide bonds. The Balaban J connectivity index is 0.00000264. The van der Waals surface area contributed by atoms with Gasteiger partial charge >= 0.3 is 0 Å². The predicted octanol–water partition coefficient (Wildman–Crippen LogP) is 3.01. The van der Waals surface area contributed by atoms with Gasteiger partial charge in [-0.1, -0.05) is 6.07 Å². The van der Waals surface area contributed by atoms with E-state index >= 15 is 0 Å². The van der Waals surface area contributed by atoms with Crippen LogP contribution in [-0.4, -0.2) is 43.6 Å². The number of ether oxygens (including phenoxy) is 1. The second kappa shape index (κ2) is 9.14. The number of hydrogen-bond donors (Lipinski definition) is 1. The molecule has 0 spiro atoms. The van der Waals surface area contributed by atoms with Crippen LogP contribution in [0.15, 0.2) is 12.1 Å². The summed E-state index contributed by atoms with van der Waals surface area (Å²) in [6.45, 7) is 8.66. The fourth-order valence-electron chi connectivity index (χ4n) is 2.97. The number of amides is 1. The van der Waals surface area contributed by atoms with E-state index in [0.29, 0.717) is 19.1 Å². The van der Waals surface area contributed by atoms with E-state index < -0.39 is 0 Å². The van der Waals surface area contributed by atoms with Gasteiger partial charge in [0.05, 0.1) is 13.0 Å². The van der Waals surface area contributed by atoms with E-state index in [1.54, 1.807) is 0 Å². The van der Waals surface area contributed by atoms with E-state index in [0.717, 1.165) is 37.2 Å². The summed E-state index contributed by atoms with van der Waals surface area (Å²) < 4.78 is 5.85. The van der Waals surface area contributed by atoms with Crippen LogP contribution in [0, 0.1) is 20.8 Å². The molecule has 1 heterocycles. The van der Waals surface area contributed by atoms with Crippen molar-refractivity contribution in [1.82, 2.24) is 10.2 Å². The Morgan fingerprint density at radius 2 is 1.91 bits per heavy atom. The number of carbonyl (C=O) groups is 1. The quantitative estimate of drug-likeness (QED) is 0.895. The molecule has 1 fully saturated rings. The minimum absolute atomic E-state index is 0. The van der Waals surface area contributed by atoms with Gasteiger partial charge in [-0.15, -0.1) is 12.4 Å². The monoisotopic (exact) mass is 340 g/mol. The summed E-state index contributed by atoms with van der Waals surface area (Å²) in [7, 11) is 1.92. The van der Waals surface area contributed by atoms with Crippen molar-refractivity contribution in [2.45, 2.75) is 46.1 Å². The van der Waals surface area contributed by atoms with Gasteiger partial charge in [0.25, 0.3) is 0 Å². The second-order valence-corrected chi connectivity index (χ2v) is 6.29. The van der Waals surface area contributed by atoms with Crippen molar-refractivity contribution in [2.75, 3.05) is 26.7 Å². The molecular weight excluding hydrogens is 312 g/mol. The topological polar surface area (TPSA) is 41.6 Å². The third-order valence-electron chi connectivity index (χ3n) is 4.59. The minimum atomic E-state index is 0. The molecule has 1 saturated heterocycles. The molecule has 1 aliphatic rings. The minimum Gasteiger partial charge on any atom is -0.493 e. The highest BCUT2D eigenvalue weighted by Crippen LogP contribution is 2.23. The first-order valence-corrected chi connectivity index (χ1v) is 8.16. The molecule has 0 atom stereocenters. The number of aryl methyl sites for hydroxylation is 2. The number of nitrogens with one attached hydrogen (secondary N) is 1. The van der Waals surface area contributed by atoms with Crippen molar-refractivity contribution in [2.24, 2.45) is 0 Å². The third kappa shape index (κ3) is 5.40. The SMILES string of the molecule is Cc1cc(C)c(C)c(OCCC(=O)N(C)C2CCNCC2)c1.Cl. The molecule has 0 radical (unpaired) electrons. The molecule has 130 valence electrons. The number of piperidine rings is 1. The van der Waals surface area contributed by atoms with Gasteiger partial charge in [-0.25, -0.2) is 0 Å². The van der Waals surface area contributed by atoms with Crippen LogP contribution in [-0.2, 0) is 4.79 Å². The Labute approximate surface area is 146 Å². The van der Waals surface area contributed by atoms with E-state index in [4.69, 9.17) is 4.74 Å². The molecule has 4 nitrogen and oxygen atoms in total. The highest BCUT2D eigenvalue weighted by atomic mass is 35.5. The summed E-state index contributed by atoms with van der Waals surface area (Å²) in [5.41, 5.74) is 3.58. The van der Waals surface area contributed by atoms with Crippen molar-refractivity contribution in [1.29, 1.82) is 0 Å². The molecule has 1 aliphatic heterocycles. The summed E-state index contributed by atoms with van der Waals surface area (Å²) in [5.74, 6) is 1.07. The summed E-state index contributed by atoms with van der Waals surface area (Å²) in [4.78, 5) is 14.2. The van der Waals surface area contributed by atoms with E-state index in [9.17, 15) is 4.79 Å². The number of benzene rings is 1. The van der Waals surface area contributed by atoms with Gasteiger partial charge in [-0.2, -0.15) is 0 Å². The molecular formula is C18H29ClN2O2. The van der Waals surface area contributed by atoms with Crippen LogP contribution < -0.4 is 10.1 Å². The van der Waals surface area contributed by atoms with Crippen LogP contribution in [0.1, 0.15) is 36.0 Å². The fraction of sp³-hybridized carbons (Fsp3) is 0.611. The average molecular weight is 341 g/mol. The van der Waals surface area contributed by atoms with Crippen LogP contribution in [0.4, 0.5) is 0 Å². The van der Waals surface area contributed by atoms with Gasteiger partial charge in [0.2, 0.25) is 5.91 Å².